The second-order valence-electron chi connectivity index (χ2n) is 6.87. The van der Waals surface area contributed by atoms with Gasteiger partial charge in [-0.3, -0.25) is 4.90 Å². The maximum absolute atomic E-state index is 3.85. The molecule has 0 aromatic rings. The van der Waals surface area contributed by atoms with Gasteiger partial charge in [0.2, 0.25) is 0 Å². The molecule has 2 rings (SSSR count). The Morgan fingerprint density at radius 3 is 2.44 bits per heavy atom. The van der Waals surface area contributed by atoms with Crippen molar-refractivity contribution in [1.82, 2.24) is 10.2 Å². The van der Waals surface area contributed by atoms with E-state index in [1.807, 2.05) is 0 Å². The van der Waals surface area contributed by atoms with Crippen LogP contribution in [0.5, 0.6) is 0 Å². The van der Waals surface area contributed by atoms with Crippen LogP contribution in [0, 0.1) is 11.8 Å². The van der Waals surface area contributed by atoms with Crippen LogP contribution in [0.1, 0.15) is 59.8 Å². The highest BCUT2D eigenvalue weighted by molar-refractivity contribution is 5.02. The maximum atomic E-state index is 3.85. The van der Waals surface area contributed by atoms with Gasteiger partial charge < -0.3 is 5.32 Å². The average Bonchev–Trinajstić information content (AvgIpc) is 3.17. The predicted molar refractivity (Wildman–Crippen MR) is 78.9 cm³/mol. The van der Waals surface area contributed by atoms with Crippen molar-refractivity contribution in [1.29, 1.82) is 0 Å². The molecular weight excluding hydrogens is 220 g/mol. The van der Waals surface area contributed by atoms with Crippen molar-refractivity contribution in [2.45, 2.75) is 71.4 Å². The molecule has 2 nitrogen and oxygen atoms in total. The first-order chi connectivity index (χ1) is 8.59. The smallest absolute Gasteiger partial charge is 0.0308 e. The van der Waals surface area contributed by atoms with Gasteiger partial charge in [-0.25, -0.2) is 0 Å². The molecule has 2 aliphatic rings. The van der Waals surface area contributed by atoms with Gasteiger partial charge in [0, 0.05) is 24.7 Å². The van der Waals surface area contributed by atoms with Crippen LogP contribution in [-0.2, 0) is 0 Å². The highest BCUT2D eigenvalue weighted by Gasteiger charge is 2.43. The van der Waals surface area contributed by atoms with Crippen molar-refractivity contribution in [3.63, 3.8) is 0 Å². The van der Waals surface area contributed by atoms with Crippen molar-refractivity contribution in [3.05, 3.63) is 0 Å². The van der Waals surface area contributed by atoms with Crippen molar-refractivity contribution >= 4 is 0 Å². The summed E-state index contributed by atoms with van der Waals surface area (Å²) in [7, 11) is 0. The molecule has 18 heavy (non-hydrogen) atoms. The Kier molecular flexibility index (Phi) is 4.71. The number of hydrogen-bond acceptors (Lipinski definition) is 2. The summed E-state index contributed by atoms with van der Waals surface area (Å²) in [6.07, 6.45) is 6.84. The molecule has 2 unspecified atom stereocenters. The first-order valence-electron chi connectivity index (χ1n) is 8.08. The van der Waals surface area contributed by atoms with E-state index in [0.29, 0.717) is 5.54 Å². The summed E-state index contributed by atoms with van der Waals surface area (Å²) in [6.45, 7) is 13.3. The van der Waals surface area contributed by atoms with Gasteiger partial charge in [-0.2, -0.15) is 0 Å². The highest BCUT2D eigenvalue weighted by atomic mass is 15.2. The largest absolute Gasteiger partial charge is 0.310 e. The van der Waals surface area contributed by atoms with Crippen LogP contribution >= 0.6 is 0 Å². The monoisotopic (exact) mass is 252 g/mol. The van der Waals surface area contributed by atoms with Crippen molar-refractivity contribution in [3.8, 4) is 0 Å². The Balaban J connectivity index is 2.00. The van der Waals surface area contributed by atoms with Crippen LogP contribution in [0.4, 0.5) is 0 Å². The Morgan fingerprint density at radius 1 is 1.22 bits per heavy atom. The van der Waals surface area contributed by atoms with Crippen LogP contribution in [0.25, 0.3) is 0 Å². The van der Waals surface area contributed by atoms with E-state index in [2.05, 4.69) is 37.9 Å². The molecule has 0 spiro atoms. The molecule has 1 heterocycles. The average molecular weight is 252 g/mol. The lowest BCUT2D eigenvalue weighted by molar-refractivity contribution is 0.136. The zero-order valence-electron chi connectivity index (χ0n) is 12.8. The predicted octanol–water partition coefficient (Wildman–Crippen LogP) is 3.28. The van der Waals surface area contributed by atoms with Crippen molar-refractivity contribution < 1.29 is 0 Å². The maximum Gasteiger partial charge on any atom is 0.0308 e. The molecule has 1 aliphatic carbocycles. The SMILES string of the molecule is CCC(CC)CN1CC(C)(C2CC2)NCCC1C. The van der Waals surface area contributed by atoms with Crippen LogP contribution in [0.3, 0.4) is 0 Å². The third-order valence-corrected chi connectivity index (χ3v) is 5.37. The van der Waals surface area contributed by atoms with Gasteiger partial charge in [0.1, 0.15) is 0 Å². The fourth-order valence-electron chi connectivity index (χ4n) is 3.50. The Labute approximate surface area is 114 Å². The topological polar surface area (TPSA) is 15.3 Å². The minimum absolute atomic E-state index is 0.386. The molecule has 2 atom stereocenters. The molecule has 1 N–H and O–H groups in total. The van der Waals surface area contributed by atoms with Gasteiger partial charge in [-0.05, 0) is 51.5 Å². The lowest BCUT2D eigenvalue weighted by Gasteiger charge is -2.37. The van der Waals surface area contributed by atoms with Crippen molar-refractivity contribution in [2.24, 2.45) is 11.8 Å². The number of nitrogens with one attached hydrogen (secondary N) is 1. The summed E-state index contributed by atoms with van der Waals surface area (Å²) >= 11 is 0. The number of rotatable bonds is 5. The summed E-state index contributed by atoms with van der Waals surface area (Å²) in [5.41, 5.74) is 0.386. The van der Waals surface area contributed by atoms with E-state index in [-0.39, 0.29) is 0 Å². The van der Waals surface area contributed by atoms with Gasteiger partial charge in [-0.15, -0.1) is 0 Å². The summed E-state index contributed by atoms with van der Waals surface area (Å²) in [5.74, 6) is 1.82. The minimum atomic E-state index is 0.386. The second-order valence-corrected chi connectivity index (χ2v) is 6.87. The standard InChI is InChI=1S/C16H32N2/c1-5-14(6-2)11-18-12-16(4,15-7-8-15)17-10-9-13(18)3/h13-15,17H,5-12H2,1-4H3. The molecule has 0 bridgehead atoms. The van der Waals surface area contributed by atoms with E-state index in [9.17, 15) is 0 Å². The van der Waals surface area contributed by atoms with Gasteiger partial charge in [0.25, 0.3) is 0 Å². The van der Waals surface area contributed by atoms with Crippen LogP contribution in [-0.4, -0.2) is 36.1 Å². The van der Waals surface area contributed by atoms with E-state index in [0.717, 1.165) is 17.9 Å². The van der Waals surface area contributed by atoms with Crippen molar-refractivity contribution in [2.75, 3.05) is 19.6 Å². The van der Waals surface area contributed by atoms with Gasteiger partial charge >= 0.3 is 0 Å². The molecule has 106 valence electrons. The third-order valence-electron chi connectivity index (χ3n) is 5.37. The fraction of sp³-hybridized carbons (Fsp3) is 1.00. The van der Waals surface area contributed by atoms with Gasteiger partial charge in [0.15, 0.2) is 0 Å². The van der Waals surface area contributed by atoms with E-state index in [1.165, 1.54) is 51.7 Å². The summed E-state index contributed by atoms with van der Waals surface area (Å²) in [4.78, 5) is 2.77. The lowest BCUT2D eigenvalue weighted by Crippen LogP contribution is -2.52. The Morgan fingerprint density at radius 2 is 1.89 bits per heavy atom. The molecule has 2 fully saturated rings. The molecule has 0 radical (unpaired) electrons. The van der Waals surface area contributed by atoms with E-state index >= 15 is 0 Å². The first kappa shape index (κ1) is 14.3. The molecule has 1 aliphatic heterocycles. The Hall–Kier alpha value is -0.0800. The fourth-order valence-corrected chi connectivity index (χ4v) is 3.50. The zero-order chi connectivity index (χ0) is 13.2. The zero-order valence-corrected chi connectivity index (χ0v) is 12.8. The van der Waals surface area contributed by atoms with Gasteiger partial charge in [-0.1, -0.05) is 26.7 Å². The molecular formula is C16H32N2. The molecule has 0 aromatic heterocycles. The first-order valence-corrected chi connectivity index (χ1v) is 8.08. The normalized spacial score (nSPS) is 34.8. The summed E-state index contributed by atoms with van der Waals surface area (Å²) < 4.78 is 0. The lowest BCUT2D eigenvalue weighted by atomic mass is 9.94. The molecule has 1 saturated carbocycles. The molecule has 0 aromatic carbocycles. The number of nitrogens with zero attached hydrogens (tertiary/aromatic N) is 1. The molecule has 2 heteroatoms. The summed E-state index contributed by atoms with van der Waals surface area (Å²) in [5, 5.41) is 3.85. The molecule has 1 saturated heterocycles. The Bertz CT molecular complexity index is 258. The number of hydrogen-bond donors (Lipinski definition) is 1. The van der Waals surface area contributed by atoms with Crippen LogP contribution in [0.2, 0.25) is 0 Å². The minimum Gasteiger partial charge on any atom is -0.310 e. The molecule has 0 amide bonds. The van der Waals surface area contributed by atoms with E-state index in [4.69, 9.17) is 0 Å². The van der Waals surface area contributed by atoms with E-state index in [1.54, 1.807) is 0 Å². The second kappa shape index (κ2) is 5.92. The van der Waals surface area contributed by atoms with Crippen LogP contribution < -0.4 is 5.32 Å². The quantitative estimate of drug-likeness (QED) is 0.808. The van der Waals surface area contributed by atoms with E-state index < -0.39 is 0 Å². The summed E-state index contributed by atoms with van der Waals surface area (Å²) in [6, 6.07) is 0.749. The van der Waals surface area contributed by atoms with Crippen LogP contribution in [0.15, 0.2) is 0 Å². The highest BCUT2D eigenvalue weighted by Crippen LogP contribution is 2.41. The van der Waals surface area contributed by atoms with Gasteiger partial charge in [0.05, 0.1) is 0 Å². The third kappa shape index (κ3) is 3.27.